The fourth-order valence-electron chi connectivity index (χ4n) is 3.33. The molecule has 2 N–H and O–H groups in total. The number of hydrogen-bond donors (Lipinski definition) is 1. The molecule has 9 nitrogen and oxygen atoms in total. The second-order valence-corrected chi connectivity index (χ2v) is 12.6. The third-order valence-electron chi connectivity index (χ3n) is 5.16. The topological polar surface area (TPSA) is 108 Å². The van der Waals surface area contributed by atoms with Crippen molar-refractivity contribution < 1.29 is 58.0 Å². The molecule has 3 atom stereocenters. The molecule has 0 radical (unpaired) electrons. The molecule has 0 amide bonds. The number of alkyl halides is 1. The molecule has 0 aliphatic rings. The van der Waals surface area contributed by atoms with E-state index in [0.29, 0.717) is 0 Å². The minimum Gasteiger partial charge on any atom is -0.457 e. The SMILES string of the molecule is CCC(OC(=O)C(N)C(F)c1c(F)c(F)c(F)c(F)c1[Si](OC)(OC)OC)[Si](OC)(OC)OC. The Labute approximate surface area is 195 Å². The van der Waals surface area contributed by atoms with Crippen LogP contribution in [0.15, 0.2) is 0 Å². The predicted molar refractivity (Wildman–Crippen MR) is 111 cm³/mol. The van der Waals surface area contributed by atoms with Gasteiger partial charge < -0.3 is 37.0 Å². The quantitative estimate of drug-likeness (QED) is 0.131. The largest absolute Gasteiger partial charge is 0.543 e. The number of esters is 1. The molecule has 3 unspecified atom stereocenters. The standard InChI is InChI=1S/C18H28F5NO8Si2/c1-8-9(33(26-2,27-3)28-4)32-18(25)16(24)12(20)10-11(19)13(21)14(22)15(23)17(10)34(29-5,30-6)31-7/h9,12,16H,8,24H2,1-7H3. The van der Waals surface area contributed by atoms with Gasteiger partial charge in [-0.2, -0.15) is 0 Å². The summed E-state index contributed by atoms with van der Waals surface area (Å²) in [4.78, 5) is 12.6. The zero-order chi connectivity index (χ0) is 26.4. The van der Waals surface area contributed by atoms with Gasteiger partial charge in [0.05, 0.1) is 5.19 Å². The Morgan fingerprint density at radius 2 is 1.26 bits per heavy atom. The molecule has 0 saturated heterocycles. The van der Waals surface area contributed by atoms with Crippen LogP contribution in [0, 0.1) is 23.3 Å². The number of hydrogen-bond acceptors (Lipinski definition) is 9. The zero-order valence-corrected chi connectivity index (χ0v) is 21.7. The second kappa shape index (κ2) is 12.5. The van der Waals surface area contributed by atoms with Gasteiger partial charge in [0.25, 0.3) is 0 Å². The summed E-state index contributed by atoms with van der Waals surface area (Å²) in [6.07, 6.45) is -2.86. The summed E-state index contributed by atoms with van der Waals surface area (Å²) in [6.45, 7) is 1.58. The van der Waals surface area contributed by atoms with Gasteiger partial charge in [0.2, 0.25) is 0 Å². The van der Waals surface area contributed by atoms with E-state index in [1.54, 1.807) is 6.92 Å². The molecule has 16 heteroatoms. The number of rotatable bonds is 13. The fraction of sp³-hybridized carbons (Fsp3) is 0.611. The van der Waals surface area contributed by atoms with E-state index in [0.717, 1.165) is 21.3 Å². The number of carbonyl (C=O) groups is 1. The van der Waals surface area contributed by atoms with Crippen molar-refractivity contribution in [3.63, 3.8) is 0 Å². The van der Waals surface area contributed by atoms with Crippen LogP contribution in [0.25, 0.3) is 0 Å². The first kappa shape index (κ1) is 30.5. The summed E-state index contributed by atoms with van der Waals surface area (Å²) >= 11 is 0. The van der Waals surface area contributed by atoms with Crippen molar-refractivity contribution in [2.45, 2.75) is 31.3 Å². The normalized spacial score (nSPS) is 15.2. The first-order chi connectivity index (χ1) is 15.9. The van der Waals surface area contributed by atoms with Crippen LogP contribution >= 0.6 is 0 Å². The van der Waals surface area contributed by atoms with E-state index >= 15 is 4.39 Å². The van der Waals surface area contributed by atoms with Crippen LogP contribution in [0.3, 0.4) is 0 Å². The molecule has 0 aliphatic heterocycles. The summed E-state index contributed by atoms with van der Waals surface area (Å²) in [5, 5.41) is -1.20. The van der Waals surface area contributed by atoms with Gasteiger partial charge in [-0.25, -0.2) is 22.0 Å². The Morgan fingerprint density at radius 3 is 1.65 bits per heavy atom. The van der Waals surface area contributed by atoms with E-state index in [2.05, 4.69) is 0 Å². The van der Waals surface area contributed by atoms with Gasteiger partial charge in [-0.3, -0.25) is 4.79 Å². The predicted octanol–water partition coefficient (Wildman–Crippen LogP) is 1.41. The summed E-state index contributed by atoms with van der Waals surface area (Å²) in [6, 6.07) is -2.33. The molecule has 1 rings (SSSR count). The molecule has 0 aromatic heterocycles. The maximum atomic E-state index is 15.5. The lowest BCUT2D eigenvalue weighted by Crippen LogP contribution is -2.59. The average molecular weight is 538 g/mol. The number of ether oxygens (including phenoxy) is 1. The molecule has 0 aliphatic carbocycles. The van der Waals surface area contributed by atoms with Crippen molar-refractivity contribution in [3.05, 3.63) is 28.8 Å². The Bertz CT molecular complexity index is 844. The van der Waals surface area contributed by atoms with Gasteiger partial charge in [0, 0.05) is 48.2 Å². The molecule has 196 valence electrons. The van der Waals surface area contributed by atoms with Crippen molar-refractivity contribution in [2.75, 3.05) is 42.7 Å². The highest BCUT2D eigenvalue weighted by Crippen LogP contribution is 2.30. The highest BCUT2D eigenvalue weighted by molar-refractivity contribution is 6.75. The van der Waals surface area contributed by atoms with Crippen molar-refractivity contribution >= 4 is 28.8 Å². The summed E-state index contributed by atoms with van der Waals surface area (Å²) in [7, 11) is -1.55. The van der Waals surface area contributed by atoms with Gasteiger partial charge in [0.15, 0.2) is 35.2 Å². The highest BCUT2D eigenvalue weighted by Gasteiger charge is 2.53. The van der Waals surface area contributed by atoms with Crippen LogP contribution in [0.2, 0.25) is 0 Å². The minimum absolute atomic E-state index is 0.0869. The van der Waals surface area contributed by atoms with E-state index in [-0.39, 0.29) is 6.42 Å². The van der Waals surface area contributed by atoms with Gasteiger partial charge >= 0.3 is 23.6 Å². The second-order valence-electron chi connectivity index (χ2n) is 6.69. The van der Waals surface area contributed by atoms with E-state index in [4.69, 9.17) is 37.0 Å². The minimum atomic E-state index is -4.52. The Balaban J connectivity index is 3.59. The summed E-state index contributed by atoms with van der Waals surface area (Å²) in [5.74, 6) is -10.2. The number of benzene rings is 1. The average Bonchev–Trinajstić information content (AvgIpc) is 2.86. The van der Waals surface area contributed by atoms with Gasteiger partial charge in [0.1, 0.15) is 6.04 Å². The number of halogens is 5. The maximum Gasteiger partial charge on any atom is 0.543 e. The van der Waals surface area contributed by atoms with E-state index in [9.17, 15) is 22.4 Å². The van der Waals surface area contributed by atoms with Crippen LogP contribution in [-0.2, 0) is 36.1 Å². The lowest BCUT2D eigenvalue weighted by Gasteiger charge is -2.32. The molecule has 0 bridgehead atoms. The Kier molecular flexibility index (Phi) is 11.2. The van der Waals surface area contributed by atoms with Crippen molar-refractivity contribution in [2.24, 2.45) is 5.73 Å². The van der Waals surface area contributed by atoms with Crippen LogP contribution in [0.4, 0.5) is 22.0 Å². The lowest BCUT2D eigenvalue weighted by atomic mass is 10.0. The lowest BCUT2D eigenvalue weighted by molar-refractivity contribution is -0.152. The monoisotopic (exact) mass is 537 g/mol. The van der Waals surface area contributed by atoms with Gasteiger partial charge in [-0.1, -0.05) is 6.92 Å². The van der Waals surface area contributed by atoms with Gasteiger partial charge in [-0.15, -0.1) is 0 Å². The van der Waals surface area contributed by atoms with Crippen molar-refractivity contribution in [1.82, 2.24) is 0 Å². The summed E-state index contributed by atoms with van der Waals surface area (Å²) in [5.41, 5.74) is 3.04. The summed E-state index contributed by atoms with van der Waals surface area (Å²) < 4.78 is 109. The van der Waals surface area contributed by atoms with Crippen LogP contribution < -0.4 is 10.9 Å². The molecule has 0 heterocycles. The molecule has 0 spiro atoms. The molecular weight excluding hydrogens is 509 g/mol. The smallest absolute Gasteiger partial charge is 0.457 e. The molecule has 0 fully saturated rings. The van der Waals surface area contributed by atoms with Crippen LogP contribution in [-0.4, -0.2) is 78.0 Å². The highest BCUT2D eigenvalue weighted by atomic mass is 28.4. The van der Waals surface area contributed by atoms with Crippen molar-refractivity contribution in [1.29, 1.82) is 0 Å². The number of carbonyl (C=O) groups excluding carboxylic acids is 1. The van der Waals surface area contributed by atoms with Crippen molar-refractivity contribution in [3.8, 4) is 0 Å². The third kappa shape index (κ3) is 5.34. The Hall–Kier alpha value is -1.51. The third-order valence-corrected chi connectivity index (χ3v) is 10.9. The number of nitrogens with two attached hydrogens (primary N) is 1. The Morgan fingerprint density at radius 1 is 0.824 bits per heavy atom. The van der Waals surface area contributed by atoms with E-state index in [1.165, 1.54) is 21.3 Å². The molecule has 1 aromatic carbocycles. The first-order valence-electron chi connectivity index (χ1n) is 9.69. The first-order valence-corrected chi connectivity index (χ1v) is 13.2. The fourth-order valence-corrected chi connectivity index (χ4v) is 7.45. The maximum absolute atomic E-state index is 15.5. The molecule has 34 heavy (non-hydrogen) atoms. The van der Waals surface area contributed by atoms with Gasteiger partial charge in [-0.05, 0) is 6.42 Å². The van der Waals surface area contributed by atoms with E-state index < -0.39 is 75.5 Å². The van der Waals surface area contributed by atoms with Crippen LogP contribution in [0.5, 0.6) is 0 Å². The van der Waals surface area contributed by atoms with E-state index in [1.807, 2.05) is 0 Å². The zero-order valence-electron chi connectivity index (χ0n) is 19.7. The molecule has 0 saturated carbocycles. The van der Waals surface area contributed by atoms with Crippen LogP contribution in [0.1, 0.15) is 25.1 Å². The molecule has 1 aromatic rings. The molecular formula is C18H28F5NO8Si2.